The van der Waals surface area contributed by atoms with Crippen molar-refractivity contribution in [2.75, 3.05) is 7.11 Å². The molecule has 0 saturated heterocycles. The number of nitrogens with zero attached hydrogens (tertiary/aromatic N) is 1. The molecule has 0 bridgehead atoms. The minimum absolute atomic E-state index is 0.0520. The van der Waals surface area contributed by atoms with Crippen molar-refractivity contribution in [1.29, 1.82) is 0 Å². The number of rotatable bonds is 2. The third-order valence-corrected chi connectivity index (χ3v) is 2.26. The van der Waals surface area contributed by atoms with Crippen LogP contribution in [0.15, 0.2) is 30.3 Å². The van der Waals surface area contributed by atoms with Crippen LogP contribution in [0.1, 0.15) is 20.8 Å². The number of benzene rings is 1. The molecule has 2 aromatic rings. The molecule has 0 radical (unpaired) electrons. The van der Waals surface area contributed by atoms with Crippen LogP contribution in [0.2, 0.25) is 0 Å². The first-order chi connectivity index (χ1) is 7.76. The summed E-state index contributed by atoms with van der Waals surface area (Å²) < 4.78 is 4.57. The van der Waals surface area contributed by atoms with Crippen molar-refractivity contribution in [2.24, 2.45) is 0 Å². The smallest absolute Gasteiger partial charge is 0.357 e. The average Bonchev–Trinajstić information content (AvgIpc) is 2.36. The van der Waals surface area contributed by atoms with Crippen LogP contribution < -0.4 is 0 Å². The van der Waals surface area contributed by atoms with Crippen LogP contribution in [-0.4, -0.2) is 24.3 Å². The van der Waals surface area contributed by atoms with Crippen molar-refractivity contribution >= 4 is 23.2 Å². The Morgan fingerprint density at radius 3 is 2.81 bits per heavy atom. The summed E-state index contributed by atoms with van der Waals surface area (Å²) in [6.07, 6.45) is 0.603. The van der Waals surface area contributed by atoms with Gasteiger partial charge in [-0.05, 0) is 12.1 Å². The van der Waals surface area contributed by atoms with E-state index in [9.17, 15) is 9.59 Å². The number of hydrogen-bond donors (Lipinski definition) is 0. The van der Waals surface area contributed by atoms with Crippen molar-refractivity contribution < 1.29 is 14.3 Å². The molecule has 1 heterocycles. The molecule has 0 aliphatic carbocycles. The van der Waals surface area contributed by atoms with Crippen LogP contribution in [0.5, 0.6) is 0 Å². The van der Waals surface area contributed by atoms with E-state index in [1.54, 1.807) is 12.1 Å². The van der Waals surface area contributed by atoms with Gasteiger partial charge in [0.1, 0.15) is 0 Å². The van der Waals surface area contributed by atoms with E-state index in [1.807, 2.05) is 18.2 Å². The molecule has 0 unspecified atom stereocenters. The summed E-state index contributed by atoms with van der Waals surface area (Å²) in [5.74, 6) is -0.604. The summed E-state index contributed by atoms with van der Waals surface area (Å²) in [6, 6.07) is 8.89. The molecule has 1 aromatic heterocycles. The van der Waals surface area contributed by atoms with E-state index >= 15 is 0 Å². The van der Waals surface area contributed by atoms with Gasteiger partial charge in [0.2, 0.25) is 0 Å². The number of carbonyl (C=O) groups is 2. The van der Waals surface area contributed by atoms with Crippen LogP contribution >= 0.6 is 0 Å². The second-order valence-electron chi connectivity index (χ2n) is 3.23. The quantitative estimate of drug-likeness (QED) is 0.566. The number of methoxy groups -OCH3 is 1. The van der Waals surface area contributed by atoms with Gasteiger partial charge in [-0.3, -0.25) is 4.79 Å². The second kappa shape index (κ2) is 4.10. The summed E-state index contributed by atoms with van der Waals surface area (Å²) >= 11 is 0. The van der Waals surface area contributed by atoms with Gasteiger partial charge in [0.05, 0.1) is 12.6 Å². The molecule has 2 rings (SSSR count). The van der Waals surface area contributed by atoms with E-state index in [0.717, 1.165) is 5.39 Å². The number of aldehydes is 1. The molecule has 4 nitrogen and oxygen atoms in total. The van der Waals surface area contributed by atoms with Gasteiger partial charge in [0, 0.05) is 10.9 Å². The van der Waals surface area contributed by atoms with E-state index in [1.165, 1.54) is 7.11 Å². The molecule has 0 fully saturated rings. The van der Waals surface area contributed by atoms with Crippen molar-refractivity contribution in [1.82, 2.24) is 4.98 Å². The van der Waals surface area contributed by atoms with Gasteiger partial charge < -0.3 is 4.74 Å². The van der Waals surface area contributed by atoms with Gasteiger partial charge in [-0.25, -0.2) is 9.78 Å². The summed E-state index contributed by atoms with van der Waals surface area (Å²) in [5.41, 5.74) is 0.954. The summed E-state index contributed by atoms with van der Waals surface area (Å²) in [6.45, 7) is 0. The van der Waals surface area contributed by atoms with Crippen molar-refractivity contribution in [3.63, 3.8) is 0 Å². The molecule has 0 spiro atoms. The van der Waals surface area contributed by atoms with Gasteiger partial charge in [-0.15, -0.1) is 0 Å². The van der Waals surface area contributed by atoms with Crippen molar-refractivity contribution in [3.8, 4) is 0 Å². The van der Waals surface area contributed by atoms with E-state index in [4.69, 9.17) is 0 Å². The van der Waals surface area contributed by atoms with Gasteiger partial charge in [0.25, 0.3) is 0 Å². The maximum absolute atomic E-state index is 11.4. The predicted octanol–water partition coefficient (Wildman–Crippen LogP) is 1.83. The normalized spacial score (nSPS) is 10.1. The summed E-state index contributed by atoms with van der Waals surface area (Å²) in [7, 11) is 1.26. The highest BCUT2D eigenvalue weighted by atomic mass is 16.5. The van der Waals surface area contributed by atoms with Gasteiger partial charge >= 0.3 is 5.97 Å². The number of aromatic nitrogens is 1. The Labute approximate surface area is 91.9 Å². The molecule has 0 amide bonds. The molecular formula is C12H9NO3. The Bertz CT molecular complexity index is 563. The number of hydrogen-bond acceptors (Lipinski definition) is 4. The Kier molecular flexibility index (Phi) is 2.64. The lowest BCUT2D eigenvalue weighted by Gasteiger charge is -2.04. The lowest BCUT2D eigenvalue weighted by atomic mass is 10.1. The number of pyridine rings is 1. The topological polar surface area (TPSA) is 56.3 Å². The van der Waals surface area contributed by atoms with E-state index < -0.39 is 5.97 Å². The lowest BCUT2D eigenvalue weighted by Crippen LogP contribution is -2.08. The summed E-state index contributed by atoms with van der Waals surface area (Å²) in [5, 5.41) is 0.817. The van der Waals surface area contributed by atoms with E-state index in [0.29, 0.717) is 11.8 Å². The third-order valence-electron chi connectivity index (χ3n) is 2.26. The van der Waals surface area contributed by atoms with Crippen LogP contribution in [0.4, 0.5) is 0 Å². The van der Waals surface area contributed by atoms with Gasteiger partial charge in [-0.1, -0.05) is 18.2 Å². The molecule has 0 N–H and O–H groups in total. The number of esters is 1. The largest absolute Gasteiger partial charge is 0.464 e. The van der Waals surface area contributed by atoms with Crippen LogP contribution in [0, 0.1) is 0 Å². The number of para-hydroxylation sites is 1. The fourth-order valence-electron chi connectivity index (χ4n) is 1.48. The molecule has 0 aliphatic heterocycles. The second-order valence-corrected chi connectivity index (χ2v) is 3.23. The molecule has 0 aliphatic rings. The van der Waals surface area contributed by atoms with Crippen molar-refractivity contribution in [3.05, 3.63) is 41.6 Å². The van der Waals surface area contributed by atoms with Crippen molar-refractivity contribution in [2.45, 2.75) is 0 Å². The Morgan fingerprint density at radius 1 is 1.38 bits per heavy atom. The maximum Gasteiger partial charge on any atom is 0.357 e. The lowest BCUT2D eigenvalue weighted by molar-refractivity contribution is 0.0592. The molecule has 0 atom stereocenters. The Morgan fingerprint density at radius 2 is 2.12 bits per heavy atom. The molecular weight excluding hydrogens is 206 g/mol. The monoisotopic (exact) mass is 215 g/mol. The van der Waals surface area contributed by atoms with Crippen LogP contribution in [0.25, 0.3) is 10.9 Å². The highest BCUT2D eigenvalue weighted by Crippen LogP contribution is 2.16. The fraction of sp³-hybridized carbons (Fsp3) is 0.0833. The average molecular weight is 215 g/mol. The Balaban J connectivity index is 2.72. The summed E-state index contributed by atoms with van der Waals surface area (Å²) in [4.78, 5) is 26.3. The third kappa shape index (κ3) is 1.65. The fourth-order valence-corrected chi connectivity index (χ4v) is 1.48. The minimum atomic E-state index is -0.604. The van der Waals surface area contributed by atoms with Gasteiger partial charge in [-0.2, -0.15) is 0 Å². The zero-order valence-corrected chi connectivity index (χ0v) is 8.64. The zero-order valence-electron chi connectivity index (χ0n) is 8.64. The number of carbonyl (C=O) groups excluding carboxylic acids is 2. The number of fused-ring (bicyclic) bond motifs is 1. The van der Waals surface area contributed by atoms with Gasteiger partial charge in [0.15, 0.2) is 12.0 Å². The maximum atomic E-state index is 11.4. The standard InChI is InChI=1S/C12H9NO3/c1-16-12(15)11-9(7-14)6-8-4-2-3-5-10(8)13-11/h2-7H,1H3. The highest BCUT2D eigenvalue weighted by Gasteiger charge is 2.14. The van der Waals surface area contributed by atoms with E-state index in [2.05, 4.69) is 9.72 Å². The SMILES string of the molecule is COC(=O)c1nc2ccccc2cc1C=O. The Hall–Kier alpha value is -2.23. The number of ether oxygens (including phenoxy) is 1. The van der Waals surface area contributed by atoms with E-state index in [-0.39, 0.29) is 11.3 Å². The minimum Gasteiger partial charge on any atom is -0.464 e. The highest BCUT2D eigenvalue weighted by molar-refractivity contribution is 6.00. The molecule has 80 valence electrons. The molecule has 16 heavy (non-hydrogen) atoms. The predicted molar refractivity (Wildman–Crippen MR) is 58.5 cm³/mol. The zero-order chi connectivity index (χ0) is 11.5. The molecule has 1 aromatic carbocycles. The first kappa shape index (κ1) is 10.3. The first-order valence-electron chi connectivity index (χ1n) is 4.69. The first-order valence-corrected chi connectivity index (χ1v) is 4.69. The van der Waals surface area contributed by atoms with Crippen LogP contribution in [0.3, 0.4) is 0 Å². The van der Waals surface area contributed by atoms with Crippen LogP contribution in [-0.2, 0) is 4.74 Å². The molecule has 0 saturated carbocycles. The molecule has 4 heteroatoms.